The lowest BCUT2D eigenvalue weighted by molar-refractivity contribution is 0.108. The fourth-order valence-corrected chi connectivity index (χ4v) is 5.49. The van der Waals surface area contributed by atoms with Crippen LogP contribution >= 0.6 is 31.7 Å². The highest BCUT2D eigenvalue weighted by Gasteiger charge is 2.14. The number of methoxy groups -OCH3 is 1. The molecule has 0 fully saturated rings. The number of nitrogens with one attached hydrogen (secondary N) is 1. The number of carbonyl (C=O) groups excluding carboxylic acids is 1. The van der Waals surface area contributed by atoms with Crippen LogP contribution < -0.4 is 16.0 Å². The van der Waals surface area contributed by atoms with Crippen LogP contribution in [0.2, 0.25) is 5.02 Å². The second kappa shape index (κ2) is 14.4. The zero-order valence-electron chi connectivity index (χ0n) is 21.0. The highest BCUT2D eigenvalue weighted by Crippen LogP contribution is 2.39. The van der Waals surface area contributed by atoms with Crippen LogP contribution in [0, 0.1) is 0 Å². The van der Waals surface area contributed by atoms with Gasteiger partial charge in [-0.25, -0.2) is 4.98 Å². The summed E-state index contributed by atoms with van der Waals surface area (Å²) in [4.78, 5) is 35.1. The van der Waals surface area contributed by atoms with Crippen molar-refractivity contribution in [2.75, 3.05) is 38.2 Å². The molecule has 0 spiro atoms. The van der Waals surface area contributed by atoms with Gasteiger partial charge in [0, 0.05) is 22.9 Å². The summed E-state index contributed by atoms with van der Waals surface area (Å²) in [6, 6.07) is 14.3. The molecular weight excluding hydrogens is 565 g/mol. The molecule has 39 heavy (non-hydrogen) atoms. The van der Waals surface area contributed by atoms with Crippen LogP contribution in [0.4, 0.5) is 5.95 Å². The number of nitrogens with zero attached hydrogens (tertiary/aromatic N) is 3. The average Bonchev–Trinajstić information content (AvgIpc) is 3.34. The SMILES string of the molecule is COc1ccc(C(=O)SCCOP(COCCn2cnc3c(=O)[nH]c(N)nc32)OCc2cccc(Cl)c2)cc1. The minimum atomic E-state index is -1.42. The Morgan fingerprint density at radius 1 is 1.18 bits per heavy atom. The molecule has 0 aliphatic rings. The maximum absolute atomic E-state index is 12.5. The molecule has 0 radical (unpaired) electrons. The summed E-state index contributed by atoms with van der Waals surface area (Å²) < 4.78 is 24.6. The van der Waals surface area contributed by atoms with Crippen LogP contribution in [0.1, 0.15) is 15.9 Å². The van der Waals surface area contributed by atoms with E-state index >= 15 is 0 Å². The van der Waals surface area contributed by atoms with E-state index in [0.29, 0.717) is 54.1 Å². The van der Waals surface area contributed by atoms with E-state index in [1.165, 1.54) is 18.1 Å². The van der Waals surface area contributed by atoms with Gasteiger partial charge in [0.2, 0.25) is 11.1 Å². The number of nitrogens with two attached hydrogens (primary N) is 1. The highest BCUT2D eigenvalue weighted by molar-refractivity contribution is 8.14. The van der Waals surface area contributed by atoms with E-state index in [4.69, 9.17) is 35.9 Å². The van der Waals surface area contributed by atoms with Gasteiger partial charge in [-0.3, -0.25) is 14.6 Å². The Balaban J connectivity index is 1.28. The minimum Gasteiger partial charge on any atom is -0.497 e. The van der Waals surface area contributed by atoms with Crippen LogP contribution in [0.15, 0.2) is 59.7 Å². The molecule has 0 saturated carbocycles. The van der Waals surface area contributed by atoms with Gasteiger partial charge in [-0.2, -0.15) is 4.98 Å². The van der Waals surface area contributed by atoms with Crippen molar-refractivity contribution in [3.63, 3.8) is 0 Å². The number of imidazole rings is 1. The van der Waals surface area contributed by atoms with Gasteiger partial charge in [0.25, 0.3) is 5.56 Å². The van der Waals surface area contributed by atoms with Crippen molar-refractivity contribution in [2.24, 2.45) is 0 Å². The van der Waals surface area contributed by atoms with E-state index in [2.05, 4.69) is 15.0 Å². The third-order valence-corrected chi connectivity index (χ3v) is 7.69. The molecule has 2 aromatic carbocycles. The molecule has 1 atom stereocenters. The van der Waals surface area contributed by atoms with Crippen molar-refractivity contribution in [1.82, 2.24) is 19.5 Å². The molecule has 0 amide bonds. The summed E-state index contributed by atoms with van der Waals surface area (Å²) in [7, 11) is 0.156. The normalized spacial score (nSPS) is 12.1. The van der Waals surface area contributed by atoms with E-state index in [1.54, 1.807) is 42.0 Å². The first-order valence-corrected chi connectivity index (χ1v) is 14.5. The maximum Gasteiger partial charge on any atom is 0.280 e. The van der Waals surface area contributed by atoms with Crippen LogP contribution in [-0.4, -0.2) is 57.1 Å². The van der Waals surface area contributed by atoms with Crippen LogP contribution in [0.5, 0.6) is 5.75 Å². The Morgan fingerprint density at radius 2 is 2.00 bits per heavy atom. The summed E-state index contributed by atoms with van der Waals surface area (Å²) in [5.74, 6) is 1.16. The number of carbonyl (C=O) groups is 1. The molecule has 0 bridgehead atoms. The van der Waals surface area contributed by atoms with Crippen LogP contribution in [0.25, 0.3) is 11.2 Å². The Morgan fingerprint density at radius 3 is 2.77 bits per heavy atom. The van der Waals surface area contributed by atoms with Gasteiger partial charge < -0.3 is 28.8 Å². The van der Waals surface area contributed by atoms with E-state index in [1.807, 2.05) is 18.2 Å². The molecule has 4 aromatic rings. The first kappa shape index (κ1) is 29.0. The number of rotatable bonds is 14. The molecule has 206 valence electrons. The lowest BCUT2D eigenvalue weighted by atomic mass is 10.2. The number of nitrogen functional groups attached to an aromatic ring is 1. The van der Waals surface area contributed by atoms with Crippen molar-refractivity contribution in [2.45, 2.75) is 13.2 Å². The summed E-state index contributed by atoms with van der Waals surface area (Å²) >= 11 is 7.25. The molecule has 14 heteroatoms. The summed E-state index contributed by atoms with van der Waals surface area (Å²) in [5.41, 5.74) is 7.35. The number of hydrogen-bond acceptors (Lipinski definition) is 10. The Labute approximate surface area is 234 Å². The van der Waals surface area contributed by atoms with Crippen molar-refractivity contribution in [3.8, 4) is 5.75 Å². The van der Waals surface area contributed by atoms with Gasteiger partial charge in [0.05, 0.1) is 33.3 Å². The number of anilines is 1. The third kappa shape index (κ3) is 8.50. The van der Waals surface area contributed by atoms with Gasteiger partial charge >= 0.3 is 0 Å². The fraction of sp³-hybridized carbons (Fsp3) is 0.280. The predicted octanol–water partition coefficient (Wildman–Crippen LogP) is 4.46. The lowest BCUT2D eigenvalue weighted by Crippen LogP contribution is -2.13. The molecule has 2 heterocycles. The predicted molar refractivity (Wildman–Crippen MR) is 152 cm³/mol. The molecule has 1 unspecified atom stereocenters. The van der Waals surface area contributed by atoms with Crippen molar-refractivity contribution in [1.29, 1.82) is 0 Å². The number of H-pyrrole nitrogens is 1. The molecule has 0 saturated heterocycles. The van der Waals surface area contributed by atoms with E-state index in [9.17, 15) is 9.59 Å². The smallest absolute Gasteiger partial charge is 0.280 e. The number of aromatic nitrogens is 4. The number of benzene rings is 2. The minimum absolute atomic E-state index is 0.0184. The van der Waals surface area contributed by atoms with E-state index < -0.39 is 13.9 Å². The molecule has 0 aliphatic carbocycles. The number of aromatic amines is 1. The zero-order chi connectivity index (χ0) is 27.6. The Kier molecular flexibility index (Phi) is 10.7. The maximum atomic E-state index is 12.5. The standard InChI is InChI=1S/C25H27ClN5O6PS/c1-34-20-7-5-18(6-8-20)24(33)39-12-11-36-38(37-14-17-3-2-4-19(26)13-17)16-35-10-9-31-15-28-21-22(31)29-25(27)30-23(21)32/h2-8,13,15H,9-12,14,16H2,1H3,(H3,27,29,30,32). The molecular formula is C25H27ClN5O6PS. The van der Waals surface area contributed by atoms with Gasteiger partial charge in [0.1, 0.15) is 12.1 Å². The van der Waals surface area contributed by atoms with Crippen LogP contribution in [-0.2, 0) is 26.9 Å². The second-order valence-corrected chi connectivity index (χ2v) is 11.0. The topological polar surface area (TPSA) is 144 Å². The van der Waals surface area contributed by atoms with Gasteiger partial charge in [-0.1, -0.05) is 35.5 Å². The quantitative estimate of drug-likeness (QED) is 0.159. The highest BCUT2D eigenvalue weighted by atomic mass is 35.5. The summed E-state index contributed by atoms with van der Waals surface area (Å²) in [5, 5.41) is 0.564. The van der Waals surface area contributed by atoms with E-state index in [0.717, 1.165) is 5.56 Å². The summed E-state index contributed by atoms with van der Waals surface area (Å²) in [6.45, 7) is 1.30. The average molecular weight is 592 g/mol. The molecule has 4 rings (SSSR count). The number of halogens is 1. The van der Waals surface area contributed by atoms with E-state index in [-0.39, 0.29) is 22.9 Å². The third-order valence-electron chi connectivity index (χ3n) is 5.31. The zero-order valence-corrected chi connectivity index (χ0v) is 23.5. The van der Waals surface area contributed by atoms with Gasteiger partial charge in [0.15, 0.2) is 19.5 Å². The lowest BCUT2D eigenvalue weighted by Gasteiger charge is -2.18. The van der Waals surface area contributed by atoms with Crippen molar-refractivity contribution < 1.29 is 23.3 Å². The second-order valence-electron chi connectivity index (χ2n) is 8.03. The van der Waals surface area contributed by atoms with Crippen molar-refractivity contribution >= 4 is 54.0 Å². The first-order chi connectivity index (χ1) is 18.9. The molecule has 3 N–H and O–H groups in total. The van der Waals surface area contributed by atoms with Crippen LogP contribution in [0.3, 0.4) is 0 Å². The molecule has 11 nitrogen and oxygen atoms in total. The molecule has 0 aliphatic heterocycles. The van der Waals surface area contributed by atoms with Gasteiger partial charge in [-0.05, 0) is 42.0 Å². The monoisotopic (exact) mass is 591 g/mol. The van der Waals surface area contributed by atoms with Gasteiger partial charge in [-0.15, -0.1) is 0 Å². The Hall–Kier alpha value is -2.99. The summed E-state index contributed by atoms with van der Waals surface area (Å²) in [6.07, 6.45) is 1.72. The number of fused-ring (bicyclic) bond motifs is 1. The number of hydrogen-bond donors (Lipinski definition) is 2. The molecule has 2 aromatic heterocycles. The number of ether oxygens (including phenoxy) is 2. The largest absolute Gasteiger partial charge is 0.497 e. The van der Waals surface area contributed by atoms with Crippen molar-refractivity contribution in [3.05, 3.63) is 81.4 Å². The fourth-order valence-electron chi connectivity index (χ4n) is 3.41. The Bertz CT molecular complexity index is 1450. The first-order valence-electron chi connectivity index (χ1n) is 11.8. The number of thioether (sulfide) groups is 1.